The van der Waals surface area contributed by atoms with Crippen molar-refractivity contribution in [3.05, 3.63) is 64.7 Å². The van der Waals surface area contributed by atoms with E-state index >= 15 is 0 Å². The summed E-state index contributed by atoms with van der Waals surface area (Å²) in [6.07, 6.45) is 0. The maximum Gasteiger partial charge on any atom is 0.210 e. The van der Waals surface area contributed by atoms with E-state index in [0.717, 1.165) is 22.5 Å². The fraction of sp³-hybridized carbons (Fsp3) is 0.125. The van der Waals surface area contributed by atoms with Crippen LogP contribution in [-0.2, 0) is 4.74 Å². The van der Waals surface area contributed by atoms with E-state index < -0.39 is 0 Å². The van der Waals surface area contributed by atoms with Crippen LogP contribution in [0, 0.1) is 0 Å². The van der Waals surface area contributed by atoms with Crippen LogP contribution >= 0.6 is 11.6 Å². The number of rotatable bonds is 1. The molecule has 0 fully saturated rings. The second-order valence-electron chi connectivity index (χ2n) is 4.40. The highest BCUT2D eigenvalue weighted by Gasteiger charge is 2.16. The molecule has 3 rings (SSSR count). The normalized spacial score (nSPS) is 13.9. The number of aliphatic imine (C=N–C) groups is 2. The van der Waals surface area contributed by atoms with Gasteiger partial charge < -0.3 is 4.74 Å². The summed E-state index contributed by atoms with van der Waals surface area (Å²) in [6, 6.07) is 15.6. The lowest BCUT2D eigenvalue weighted by Crippen LogP contribution is -2.07. The predicted octanol–water partition coefficient (Wildman–Crippen LogP) is 3.87. The minimum absolute atomic E-state index is 0.424. The van der Waals surface area contributed by atoms with Gasteiger partial charge in [-0.15, -0.1) is 0 Å². The Hall–Kier alpha value is -2.13. The van der Waals surface area contributed by atoms with Crippen molar-refractivity contribution in [1.82, 2.24) is 0 Å². The van der Waals surface area contributed by atoms with E-state index in [0.29, 0.717) is 17.5 Å². The molecule has 0 N–H and O–H groups in total. The van der Waals surface area contributed by atoms with E-state index in [2.05, 4.69) is 9.98 Å². The van der Waals surface area contributed by atoms with Crippen LogP contribution in [0.5, 0.6) is 0 Å². The minimum Gasteiger partial charge on any atom is -0.483 e. The molecular weight excluding hydrogens is 272 g/mol. The molecule has 0 amide bonds. The van der Waals surface area contributed by atoms with E-state index in [1.54, 1.807) is 7.11 Å². The fourth-order valence-electron chi connectivity index (χ4n) is 2.15. The Kier molecular flexibility index (Phi) is 3.52. The van der Waals surface area contributed by atoms with Crippen molar-refractivity contribution in [3.8, 4) is 0 Å². The lowest BCUT2D eigenvalue weighted by atomic mass is 10.0. The second kappa shape index (κ2) is 5.47. The third-order valence-corrected chi connectivity index (χ3v) is 3.35. The molecule has 0 spiro atoms. The summed E-state index contributed by atoms with van der Waals surface area (Å²) in [4.78, 5) is 9.13. The molecule has 0 atom stereocenters. The van der Waals surface area contributed by atoms with Crippen molar-refractivity contribution >= 4 is 28.9 Å². The molecular formula is C16H13ClN2O. The molecule has 0 saturated heterocycles. The van der Waals surface area contributed by atoms with Gasteiger partial charge in [0.05, 0.1) is 18.5 Å². The van der Waals surface area contributed by atoms with Gasteiger partial charge in [0.25, 0.3) is 0 Å². The summed E-state index contributed by atoms with van der Waals surface area (Å²) in [7, 11) is 1.61. The van der Waals surface area contributed by atoms with E-state index in [1.165, 1.54) is 0 Å². The monoisotopic (exact) mass is 284 g/mol. The van der Waals surface area contributed by atoms with E-state index in [-0.39, 0.29) is 0 Å². The van der Waals surface area contributed by atoms with Crippen LogP contribution in [0.2, 0.25) is 5.02 Å². The van der Waals surface area contributed by atoms with Gasteiger partial charge in [-0.2, -0.15) is 0 Å². The first-order valence-electron chi connectivity index (χ1n) is 6.29. The molecule has 4 heteroatoms. The molecule has 0 unspecified atom stereocenters. The number of halogens is 1. The average molecular weight is 285 g/mol. The Morgan fingerprint density at radius 3 is 2.65 bits per heavy atom. The second-order valence-corrected chi connectivity index (χ2v) is 4.84. The third-order valence-electron chi connectivity index (χ3n) is 3.11. The number of ether oxygens (including phenoxy) is 1. The van der Waals surface area contributed by atoms with Crippen molar-refractivity contribution < 1.29 is 4.74 Å². The van der Waals surface area contributed by atoms with Crippen LogP contribution in [-0.4, -0.2) is 25.3 Å². The average Bonchev–Trinajstić information content (AvgIpc) is 2.67. The topological polar surface area (TPSA) is 34.0 Å². The quantitative estimate of drug-likeness (QED) is 0.783. The van der Waals surface area contributed by atoms with Crippen LogP contribution in [0.25, 0.3) is 0 Å². The van der Waals surface area contributed by atoms with Crippen molar-refractivity contribution in [2.75, 3.05) is 13.7 Å². The van der Waals surface area contributed by atoms with E-state index in [4.69, 9.17) is 16.3 Å². The first-order valence-corrected chi connectivity index (χ1v) is 6.67. The third kappa shape index (κ3) is 2.45. The molecule has 0 bridgehead atoms. The lowest BCUT2D eigenvalue weighted by Gasteiger charge is -2.08. The minimum atomic E-state index is 0.424. The Balaban J connectivity index is 2.19. The van der Waals surface area contributed by atoms with E-state index in [1.807, 2.05) is 48.5 Å². The van der Waals surface area contributed by atoms with Crippen LogP contribution in [0.1, 0.15) is 11.1 Å². The highest BCUT2D eigenvalue weighted by Crippen LogP contribution is 2.28. The molecule has 0 saturated carbocycles. The summed E-state index contributed by atoms with van der Waals surface area (Å²) in [5.74, 6) is 0.597. The summed E-state index contributed by atoms with van der Waals surface area (Å²) >= 11 is 6.12. The molecule has 1 aliphatic rings. The standard InChI is InChI=1S/C16H13ClN2O/c1-20-15-10-18-16(11-5-3-2-4-6-11)13-9-12(17)7-8-14(13)19-15/h2-9H,10H2,1H3. The Labute approximate surface area is 122 Å². The van der Waals surface area contributed by atoms with Crippen molar-refractivity contribution in [3.63, 3.8) is 0 Å². The molecule has 2 aromatic rings. The molecule has 0 radical (unpaired) electrons. The van der Waals surface area contributed by atoms with Gasteiger partial charge in [0.2, 0.25) is 5.90 Å². The van der Waals surface area contributed by atoms with Gasteiger partial charge >= 0.3 is 0 Å². The zero-order valence-corrected chi connectivity index (χ0v) is 11.8. The molecule has 0 aliphatic carbocycles. The molecule has 0 aromatic heterocycles. The molecule has 2 aromatic carbocycles. The van der Waals surface area contributed by atoms with Crippen molar-refractivity contribution in [2.24, 2.45) is 9.98 Å². The van der Waals surface area contributed by atoms with Gasteiger partial charge in [-0.3, -0.25) is 4.99 Å². The van der Waals surface area contributed by atoms with E-state index in [9.17, 15) is 0 Å². The largest absolute Gasteiger partial charge is 0.483 e. The van der Waals surface area contributed by atoms with Crippen LogP contribution in [0.15, 0.2) is 58.5 Å². The number of benzene rings is 2. The maximum atomic E-state index is 6.12. The molecule has 3 nitrogen and oxygen atoms in total. The Morgan fingerprint density at radius 2 is 1.90 bits per heavy atom. The SMILES string of the molecule is COC1=Nc2ccc(Cl)cc2C(c2ccccc2)=NC1. The summed E-state index contributed by atoms with van der Waals surface area (Å²) < 4.78 is 5.25. The van der Waals surface area contributed by atoms with Gasteiger partial charge in [0.1, 0.15) is 6.54 Å². The molecule has 20 heavy (non-hydrogen) atoms. The number of hydrogen-bond donors (Lipinski definition) is 0. The smallest absolute Gasteiger partial charge is 0.210 e. The van der Waals surface area contributed by atoms with Gasteiger partial charge in [-0.1, -0.05) is 41.9 Å². The van der Waals surface area contributed by atoms with Gasteiger partial charge in [0, 0.05) is 16.1 Å². The maximum absolute atomic E-state index is 6.12. The zero-order valence-electron chi connectivity index (χ0n) is 11.0. The van der Waals surface area contributed by atoms with Gasteiger partial charge in [-0.05, 0) is 18.2 Å². The summed E-state index contributed by atoms with van der Waals surface area (Å²) in [5.41, 5.74) is 3.68. The van der Waals surface area contributed by atoms with Crippen molar-refractivity contribution in [1.29, 1.82) is 0 Å². The molecule has 100 valence electrons. The van der Waals surface area contributed by atoms with Crippen molar-refractivity contribution in [2.45, 2.75) is 0 Å². The first kappa shape index (κ1) is 12.9. The van der Waals surface area contributed by atoms with Gasteiger partial charge in [-0.25, -0.2) is 4.99 Å². The number of hydrogen-bond acceptors (Lipinski definition) is 3. The Bertz CT molecular complexity index is 693. The van der Waals surface area contributed by atoms with Crippen LogP contribution in [0.3, 0.4) is 0 Å². The highest BCUT2D eigenvalue weighted by atomic mass is 35.5. The number of methoxy groups -OCH3 is 1. The summed E-state index contributed by atoms with van der Waals surface area (Å²) in [6.45, 7) is 0.424. The lowest BCUT2D eigenvalue weighted by molar-refractivity contribution is 0.396. The van der Waals surface area contributed by atoms with Crippen LogP contribution in [0.4, 0.5) is 5.69 Å². The first-order chi connectivity index (χ1) is 9.78. The summed E-state index contributed by atoms with van der Waals surface area (Å²) in [5, 5.41) is 0.670. The number of fused-ring (bicyclic) bond motifs is 1. The number of nitrogens with zero attached hydrogens (tertiary/aromatic N) is 2. The van der Waals surface area contributed by atoms with Crippen LogP contribution < -0.4 is 0 Å². The Morgan fingerprint density at radius 1 is 1.10 bits per heavy atom. The predicted molar refractivity (Wildman–Crippen MR) is 82.5 cm³/mol. The molecule has 1 heterocycles. The fourth-order valence-corrected chi connectivity index (χ4v) is 2.32. The van der Waals surface area contributed by atoms with Gasteiger partial charge in [0.15, 0.2) is 0 Å². The highest BCUT2D eigenvalue weighted by molar-refractivity contribution is 6.31. The zero-order chi connectivity index (χ0) is 13.9. The molecule has 1 aliphatic heterocycles.